The molecule has 5 rings (SSSR count). The Kier molecular flexibility index (Phi) is 3.81. The van der Waals surface area contributed by atoms with E-state index in [2.05, 4.69) is 24.3 Å². The number of urea groups is 1. The number of ketones is 1. The Morgan fingerprint density at radius 2 is 1.59 bits per heavy atom. The highest BCUT2D eigenvalue weighted by Gasteiger charge is 2.48. The number of aryl methyl sites for hydroxylation is 1. The standard InChI is InChI=1S/C23H24N2O2/c26-21-16-18-7-1-3-9-19(18)23(21)11-14-24(15-12-23)22(27)25-13-5-8-17-6-2-4-10-20(17)25/h1-4,6-7,9-10H,5,8,11-16H2. The van der Waals surface area contributed by atoms with E-state index in [9.17, 15) is 9.59 Å². The van der Waals surface area contributed by atoms with Crippen LogP contribution in [0.15, 0.2) is 48.5 Å². The first-order valence-electron chi connectivity index (χ1n) is 9.95. The van der Waals surface area contributed by atoms with Crippen LogP contribution in [0.2, 0.25) is 0 Å². The molecule has 4 nitrogen and oxygen atoms in total. The van der Waals surface area contributed by atoms with Gasteiger partial charge in [0.2, 0.25) is 0 Å². The molecule has 4 heteroatoms. The monoisotopic (exact) mass is 360 g/mol. The molecule has 0 N–H and O–H groups in total. The van der Waals surface area contributed by atoms with Gasteiger partial charge in [0.15, 0.2) is 0 Å². The highest BCUT2D eigenvalue weighted by molar-refractivity contribution is 5.97. The van der Waals surface area contributed by atoms with Gasteiger partial charge in [-0.15, -0.1) is 0 Å². The van der Waals surface area contributed by atoms with E-state index in [0.29, 0.717) is 25.3 Å². The number of carbonyl (C=O) groups excluding carboxylic acids is 2. The molecule has 0 atom stereocenters. The van der Waals surface area contributed by atoms with Crippen LogP contribution in [0.5, 0.6) is 0 Å². The number of amides is 2. The van der Waals surface area contributed by atoms with Crippen molar-refractivity contribution in [3.8, 4) is 0 Å². The maximum absolute atomic E-state index is 13.2. The third kappa shape index (κ3) is 2.50. The van der Waals surface area contributed by atoms with Crippen LogP contribution in [0.4, 0.5) is 10.5 Å². The summed E-state index contributed by atoms with van der Waals surface area (Å²) in [6.07, 6.45) is 4.07. The zero-order valence-electron chi connectivity index (χ0n) is 15.5. The van der Waals surface area contributed by atoms with Crippen molar-refractivity contribution in [3.05, 3.63) is 65.2 Å². The zero-order valence-corrected chi connectivity index (χ0v) is 15.5. The average molecular weight is 360 g/mol. The van der Waals surface area contributed by atoms with E-state index in [1.54, 1.807) is 0 Å². The van der Waals surface area contributed by atoms with Crippen LogP contribution < -0.4 is 4.90 Å². The van der Waals surface area contributed by atoms with E-state index in [1.807, 2.05) is 34.1 Å². The third-order valence-electron chi connectivity index (χ3n) is 6.65. The molecule has 1 saturated heterocycles. The van der Waals surface area contributed by atoms with Crippen molar-refractivity contribution in [2.45, 2.75) is 37.5 Å². The topological polar surface area (TPSA) is 40.6 Å². The quantitative estimate of drug-likeness (QED) is 0.718. The number of nitrogens with zero attached hydrogens (tertiary/aromatic N) is 2. The molecular weight excluding hydrogens is 336 g/mol. The van der Waals surface area contributed by atoms with Gasteiger partial charge < -0.3 is 4.90 Å². The van der Waals surface area contributed by atoms with Gasteiger partial charge in [-0.2, -0.15) is 0 Å². The second kappa shape index (κ2) is 6.22. The largest absolute Gasteiger partial charge is 0.324 e. The van der Waals surface area contributed by atoms with Gasteiger partial charge in [-0.1, -0.05) is 42.5 Å². The van der Waals surface area contributed by atoms with Gasteiger partial charge >= 0.3 is 6.03 Å². The molecule has 2 aromatic rings. The molecule has 2 heterocycles. The molecule has 27 heavy (non-hydrogen) atoms. The number of likely N-dealkylation sites (tertiary alicyclic amines) is 1. The molecule has 2 amide bonds. The molecule has 3 aliphatic rings. The van der Waals surface area contributed by atoms with Gasteiger partial charge in [0.25, 0.3) is 0 Å². The number of para-hydroxylation sites is 1. The summed E-state index contributed by atoms with van der Waals surface area (Å²) in [4.78, 5) is 29.9. The highest BCUT2D eigenvalue weighted by Crippen LogP contribution is 2.44. The second-order valence-corrected chi connectivity index (χ2v) is 7.99. The number of benzene rings is 2. The molecule has 0 bridgehead atoms. The molecule has 2 aromatic carbocycles. The first kappa shape index (κ1) is 16.5. The van der Waals surface area contributed by atoms with Crippen molar-refractivity contribution in [2.75, 3.05) is 24.5 Å². The molecule has 1 aliphatic carbocycles. The fraction of sp³-hybridized carbons (Fsp3) is 0.391. The molecule has 0 saturated carbocycles. The van der Waals surface area contributed by atoms with Gasteiger partial charge in [-0.05, 0) is 48.4 Å². The van der Waals surface area contributed by atoms with Gasteiger partial charge in [0.1, 0.15) is 5.78 Å². The SMILES string of the molecule is O=C(N1CCC2(CC1)C(=O)Cc1ccccc12)N1CCCc2ccccc21. The Balaban J connectivity index is 1.36. The number of anilines is 1. The number of hydrogen-bond donors (Lipinski definition) is 0. The molecule has 1 fully saturated rings. The minimum absolute atomic E-state index is 0.0933. The van der Waals surface area contributed by atoms with Crippen LogP contribution in [-0.4, -0.2) is 36.3 Å². The van der Waals surface area contributed by atoms with Crippen LogP contribution >= 0.6 is 0 Å². The summed E-state index contributed by atoms with van der Waals surface area (Å²) in [7, 11) is 0. The minimum Gasteiger partial charge on any atom is -0.324 e. The summed E-state index contributed by atoms with van der Waals surface area (Å²) < 4.78 is 0. The summed E-state index contributed by atoms with van der Waals surface area (Å²) in [5.74, 6) is 0.333. The Morgan fingerprint density at radius 3 is 2.41 bits per heavy atom. The van der Waals surface area contributed by atoms with Crippen molar-refractivity contribution >= 4 is 17.5 Å². The highest BCUT2D eigenvalue weighted by atomic mass is 16.2. The maximum atomic E-state index is 13.2. The van der Waals surface area contributed by atoms with Gasteiger partial charge in [0, 0.05) is 31.7 Å². The van der Waals surface area contributed by atoms with E-state index in [0.717, 1.165) is 37.9 Å². The van der Waals surface area contributed by atoms with E-state index in [1.165, 1.54) is 16.7 Å². The lowest BCUT2D eigenvalue weighted by Gasteiger charge is -2.41. The smallest absolute Gasteiger partial charge is 0.324 e. The number of hydrogen-bond acceptors (Lipinski definition) is 2. The van der Waals surface area contributed by atoms with Crippen LogP contribution in [0, 0.1) is 0 Å². The molecule has 138 valence electrons. The van der Waals surface area contributed by atoms with Crippen LogP contribution in [-0.2, 0) is 23.1 Å². The van der Waals surface area contributed by atoms with Crippen molar-refractivity contribution in [1.82, 2.24) is 4.90 Å². The molecule has 1 spiro atoms. The van der Waals surface area contributed by atoms with Crippen LogP contribution in [0.1, 0.15) is 36.0 Å². The van der Waals surface area contributed by atoms with E-state index in [4.69, 9.17) is 0 Å². The molecular formula is C23H24N2O2. The first-order valence-corrected chi connectivity index (χ1v) is 9.95. The lowest BCUT2D eigenvalue weighted by atomic mass is 9.73. The van der Waals surface area contributed by atoms with Gasteiger partial charge in [-0.3, -0.25) is 9.69 Å². The summed E-state index contributed by atoms with van der Waals surface area (Å²) in [6, 6.07) is 16.5. The normalized spacial score (nSPS) is 20.5. The number of fused-ring (bicyclic) bond motifs is 3. The van der Waals surface area contributed by atoms with Crippen molar-refractivity contribution < 1.29 is 9.59 Å². The van der Waals surface area contributed by atoms with E-state index < -0.39 is 0 Å². The number of carbonyl (C=O) groups is 2. The van der Waals surface area contributed by atoms with E-state index in [-0.39, 0.29) is 11.4 Å². The third-order valence-corrected chi connectivity index (χ3v) is 6.65. The Labute approximate surface area is 159 Å². The lowest BCUT2D eigenvalue weighted by molar-refractivity contribution is -0.124. The Morgan fingerprint density at radius 1 is 0.889 bits per heavy atom. The summed E-state index contributed by atoms with van der Waals surface area (Å²) in [5, 5.41) is 0. The first-order chi connectivity index (χ1) is 13.2. The van der Waals surface area contributed by atoms with Crippen molar-refractivity contribution in [2.24, 2.45) is 0 Å². The van der Waals surface area contributed by atoms with Crippen molar-refractivity contribution in [3.63, 3.8) is 0 Å². The Hall–Kier alpha value is -2.62. The summed E-state index contributed by atoms with van der Waals surface area (Å²) in [6.45, 7) is 2.08. The van der Waals surface area contributed by atoms with Crippen LogP contribution in [0.25, 0.3) is 0 Å². The summed E-state index contributed by atoms with van der Waals surface area (Å²) >= 11 is 0. The average Bonchev–Trinajstić information content (AvgIpc) is 2.99. The van der Waals surface area contributed by atoms with Crippen LogP contribution in [0.3, 0.4) is 0 Å². The Bertz CT molecular complexity index is 912. The number of piperidine rings is 1. The fourth-order valence-electron chi connectivity index (χ4n) is 5.16. The predicted molar refractivity (Wildman–Crippen MR) is 105 cm³/mol. The fourth-order valence-corrected chi connectivity index (χ4v) is 5.16. The predicted octanol–water partition coefficient (Wildman–Crippen LogP) is 3.72. The number of rotatable bonds is 0. The second-order valence-electron chi connectivity index (χ2n) is 7.99. The minimum atomic E-state index is -0.368. The zero-order chi connectivity index (χ0) is 18.4. The maximum Gasteiger partial charge on any atom is 0.324 e. The lowest BCUT2D eigenvalue weighted by Crippen LogP contribution is -2.52. The van der Waals surface area contributed by atoms with Crippen molar-refractivity contribution in [1.29, 1.82) is 0 Å². The van der Waals surface area contributed by atoms with Gasteiger partial charge in [0.05, 0.1) is 5.41 Å². The molecule has 0 aromatic heterocycles. The number of Topliss-reactive ketones (excluding diaryl/α,β-unsaturated/α-hetero) is 1. The van der Waals surface area contributed by atoms with E-state index >= 15 is 0 Å². The van der Waals surface area contributed by atoms with Gasteiger partial charge in [-0.25, -0.2) is 4.79 Å². The molecule has 0 radical (unpaired) electrons. The molecule has 2 aliphatic heterocycles. The summed E-state index contributed by atoms with van der Waals surface area (Å²) in [5.41, 5.74) is 4.31. The molecule has 0 unspecified atom stereocenters.